The summed E-state index contributed by atoms with van der Waals surface area (Å²) in [5.41, 5.74) is 1.68. The van der Waals surface area contributed by atoms with E-state index >= 15 is 0 Å². The van der Waals surface area contributed by atoms with Crippen LogP contribution in [0.3, 0.4) is 0 Å². The van der Waals surface area contributed by atoms with Crippen molar-refractivity contribution in [3.05, 3.63) is 65.2 Å². The molecule has 1 saturated heterocycles. The number of benzene rings is 2. The Morgan fingerprint density at radius 2 is 1.81 bits per heavy atom. The molecule has 5 nitrogen and oxygen atoms in total. The number of alkyl halides is 3. The van der Waals surface area contributed by atoms with Gasteiger partial charge in [0.1, 0.15) is 12.6 Å². The second kappa shape index (κ2) is 8.70. The number of hydrogen-bond donors (Lipinski definition) is 0. The number of amides is 2. The van der Waals surface area contributed by atoms with Gasteiger partial charge in [-0.1, -0.05) is 30.3 Å². The number of fused-ring (bicyclic) bond motifs is 1. The fourth-order valence-corrected chi connectivity index (χ4v) is 4.06. The Hall–Kier alpha value is -2.87. The maximum Gasteiger partial charge on any atom is 0.416 e. The van der Waals surface area contributed by atoms with Crippen molar-refractivity contribution in [3.63, 3.8) is 0 Å². The molecular formula is C23H23F3N2O3. The van der Waals surface area contributed by atoms with Gasteiger partial charge in [-0.25, -0.2) is 0 Å². The molecular weight excluding hydrogens is 409 g/mol. The summed E-state index contributed by atoms with van der Waals surface area (Å²) in [7, 11) is 0. The molecule has 2 aliphatic heterocycles. The average Bonchev–Trinajstić information content (AvgIpc) is 2.92. The van der Waals surface area contributed by atoms with Crippen molar-refractivity contribution in [2.24, 2.45) is 0 Å². The number of ether oxygens (including phenoxy) is 1. The zero-order valence-corrected chi connectivity index (χ0v) is 16.9. The Bertz CT molecular complexity index is 959. The Labute approximate surface area is 178 Å². The minimum Gasteiger partial charge on any atom is -0.370 e. The fraction of sp³-hybridized carbons (Fsp3) is 0.391. The molecule has 2 aromatic carbocycles. The third-order valence-corrected chi connectivity index (χ3v) is 5.74. The van der Waals surface area contributed by atoms with E-state index in [2.05, 4.69) is 0 Å². The number of rotatable bonds is 3. The number of aryl methyl sites for hydroxylation is 1. The molecule has 0 saturated carbocycles. The SMILES string of the molecule is O=C(CN1C(=O)CCCc2ccccc21)N1CCO[C@H](c2ccc(C(F)(F)F)cc2)C1. The van der Waals surface area contributed by atoms with Crippen molar-refractivity contribution in [1.29, 1.82) is 0 Å². The maximum absolute atomic E-state index is 13.0. The topological polar surface area (TPSA) is 49.9 Å². The lowest BCUT2D eigenvalue weighted by Gasteiger charge is -2.34. The lowest BCUT2D eigenvalue weighted by molar-refractivity contribution is -0.138. The maximum atomic E-state index is 13.0. The van der Waals surface area contributed by atoms with Crippen molar-refractivity contribution >= 4 is 17.5 Å². The predicted octanol–water partition coefficient (Wildman–Crippen LogP) is 3.97. The van der Waals surface area contributed by atoms with Crippen LogP contribution in [-0.4, -0.2) is 43.0 Å². The van der Waals surface area contributed by atoms with Crippen molar-refractivity contribution in [2.45, 2.75) is 31.5 Å². The molecule has 0 radical (unpaired) electrons. The molecule has 0 aromatic heterocycles. The number of para-hydroxylation sites is 1. The summed E-state index contributed by atoms with van der Waals surface area (Å²) in [4.78, 5) is 28.8. The molecule has 1 fully saturated rings. The Morgan fingerprint density at radius 3 is 2.55 bits per heavy atom. The molecule has 31 heavy (non-hydrogen) atoms. The highest BCUT2D eigenvalue weighted by Gasteiger charge is 2.32. The first-order valence-electron chi connectivity index (χ1n) is 10.3. The number of anilines is 1. The molecule has 1 atom stereocenters. The van der Waals surface area contributed by atoms with Crippen LogP contribution in [0.15, 0.2) is 48.5 Å². The number of halogens is 3. The quantitative estimate of drug-likeness (QED) is 0.738. The van der Waals surface area contributed by atoms with Crippen molar-refractivity contribution in [1.82, 2.24) is 4.90 Å². The monoisotopic (exact) mass is 432 g/mol. The van der Waals surface area contributed by atoms with Gasteiger partial charge in [0, 0.05) is 18.7 Å². The molecule has 0 spiro atoms. The van der Waals surface area contributed by atoms with Crippen LogP contribution in [0.25, 0.3) is 0 Å². The van der Waals surface area contributed by atoms with E-state index < -0.39 is 17.8 Å². The van der Waals surface area contributed by atoms with Gasteiger partial charge >= 0.3 is 6.18 Å². The van der Waals surface area contributed by atoms with Gasteiger partial charge in [-0.3, -0.25) is 9.59 Å². The smallest absolute Gasteiger partial charge is 0.370 e. The third-order valence-electron chi connectivity index (χ3n) is 5.74. The predicted molar refractivity (Wildman–Crippen MR) is 108 cm³/mol. The highest BCUT2D eigenvalue weighted by Crippen LogP contribution is 2.31. The van der Waals surface area contributed by atoms with Crippen molar-refractivity contribution in [2.75, 3.05) is 31.1 Å². The number of carbonyl (C=O) groups excluding carboxylic acids is 2. The fourth-order valence-electron chi connectivity index (χ4n) is 4.06. The molecule has 2 heterocycles. The normalized spacial score (nSPS) is 19.7. The van der Waals surface area contributed by atoms with Crippen LogP contribution in [-0.2, 0) is 26.9 Å². The molecule has 2 aromatic rings. The number of morpholine rings is 1. The van der Waals surface area contributed by atoms with E-state index in [4.69, 9.17) is 4.74 Å². The van der Waals surface area contributed by atoms with Crippen molar-refractivity contribution in [3.8, 4) is 0 Å². The van der Waals surface area contributed by atoms with Crippen LogP contribution in [0, 0.1) is 0 Å². The second-order valence-electron chi connectivity index (χ2n) is 7.78. The summed E-state index contributed by atoms with van der Waals surface area (Å²) in [6.07, 6.45) is -2.98. The molecule has 0 unspecified atom stereocenters. The number of carbonyl (C=O) groups is 2. The van der Waals surface area contributed by atoms with Crippen LogP contribution in [0.1, 0.15) is 35.6 Å². The van der Waals surface area contributed by atoms with E-state index in [1.165, 1.54) is 12.1 Å². The van der Waals surface area contributed by atoms with Gasteiger partial charge < -0.3 is 14.5 Å². The first-order chi connectivity index (χ1) is 14.8. The van der Waals surface area contributed by atoms with E-state index in [9.17, 15) is 22.8 Å². The molecule has 4 rings (SSSR count). The first kappa shape index (κ1) is 21.4. The lowest BCUT2D eigenvalue weighted by atomic mass is 10.0. The molecule has 164 valence electrons. The first-order valence-corrected chi connectivity index (χ1v) is 10.3. The second-order valence-corrected chi connectivity index (χ2v) is 7.78. The molecule has 2 amide bonds. The minimum atomic E-state index is -4.40. The lowest BCUT2D eigenvalue weighted by Crippen LogP contribution is -2.48. The summed E-state index contributed by atoms with van der Waals surface area (Å²) >= 11 is 0. The van der Waals surface area contributed by atoms with Gasteiger partial charge in [-0.2, -0.15) is 13.2 Å². The van der Waals surface area contributed by atoms with Crippen LogP contribution < -0.4 is 4.90 Å². The highest BCUT2D eigenvalue weighted by molar-refractivity contribution is 5.99. The van der Waals surface area contributed by atoms with Crippen LogP contribution >= 0.6 is 0 Å². The summed E-state index contributed by atoms with van der Waals surface area (Å²) in [5.74, 6) is -0.281. The van der Waals surface area contributed by atoms with Gasteiger partial charge in [-0.05, 0) is 42.2 Å². The minimum absolute atomic E-state index is 0.0599. The summed E-state index contributed by atoms with van der Waals surface area (Å²) in [6, 6.07) is 12.4. The molecule has 0 bridgehead atoms. The molecule has 0 aliphatic carbocycles. The third kappa shape index (κ3) is 4.74. The van der Waals surface area contributed by atoms with E-state index in [1.54, 1.807) is 9.80 Å². The molecule has 0 N–H and O–H groups in total. The summed E-state index contributed by atoms with van der Waals surface area (Å²) < 4.78 is 44.1. The van der Waals surface area contributed by atoms with Gasteiger partial charge in [-0.15, -0.1) is 0 Å². The standard InChI is InChI=1S/C23H23F3N2O3/c24-23(25,26)18-10-8-17(9-11-18)20-14-27(12-13-31-20)22(30)15-28-19-6-2-1-4-16(19)5-3-7-21(28)29/h1-2,4,6,8-11,20H,3,5,7,12-15H2/t20-/m0/s1. The number of hydrogen-bond acceptors (Lipinski definition) is 3. The van der Waals surface area contributed by atoms with Gasteiger partial charge in [0.2, 0.25) is 11.8 Å². The molecule has 2 aliphatic rings. The van der Waals surface area contributed by atoms with Crippen molar-refractivity contribution < 1.29 is 27.5 Å². The highest BCUT2D eigenvalue weighted by atomic mass is 19.4. The Balaban J connectivity index is 1.46. The van der Waals surface area contributed by atoms with E-state index in [0.717, 1.165) is 36.2 Å². The average molecular weight is 432 g/mol. The van der Waals surface area contributed by atoms with E-state index in [0.29, 0.717) is 18.5 Å². The van der Waals surface area contributed by atoms with Crippen LogP contribution in [0.5, 0.6) is 0 Å². The summed E-state index contributed by atoms with van der Waals surface area (Å²) in [5, 5.41) is 0. The Kier molecular flexibility index (Phi) is 6.00. The van der Waals surface area contributed by atoms with Crippen LogP contribution in [0.4, 0.5) is 18.9 Å². The zero-order valence-electron chi connectivity index (χ0n) is 16.9. The number of nitrogens with zero attached hydrogens (tertiary/aromatic N) is 2. The van der Waals surface area contributed by atoms with E-state index in [-0.39, 0.29) is 31.5 Å². The largest absolute Gasteiger partial charge is 0.416 e. The Morgan fingerprint density at radius 1 is 1.06 bits per heavy atom. The van der Waals surface area contributed by atoms with Crippen LogP contribution in [0.2, 0.25) is 0 Å². The molecule has 8 heteroatoms. The zero-order chi connectivity index (χ0) is 22.0. The van der Waals surface area contributed by atoms with E-state index in [1.807, 2.05) is 24.3 Å². The summed E-state index contributed by atoms with van der Waals surface area (Å²) in [6.45, 7) is 0.824. The van der Waals surface area contributed by atoms with Gasteiger partial charge in [0.15, 0.2) is 0 Å². The van der Waals surface area contributed by atoms with Gasteiger partial charge in [0.05, 0.1) is 18.7 Å². The van der Waals surface area contributed by atoms with Gasteiger partial charge in [0.25, 0.3) is 0 Å².